The third-order valence-electron chi connectivity index (χ3n) is 5.55. The highest BCUT2D eigenvalue weighted by atomic mass is 32.1. The Morgan fingerprint density at radius 3 is 2.35 bits per heavy atom. The smallest absolute Gasteiger partial charge is 0.327 e. The van der Waals surface area contributed by atoms with Gasteiger partial charge in [-0.05, 0) is 51.1 Å². The third kappa shape index (κ3) is 9.04. The molecular formula is C20H37N5O5S. The Morgan fingerprint density at radius 2 is 1.84 bits per heavy atom. The number of carboxylic acids is 1. The zero-order valence-corrected chi connectivity index (χ0v) is 19.2. The van der Waals surface area contributed by atoms with Gasteiger partial charge in [0.25, 0.3) is 0 Å². The number of carbonyl (C=O) groups excluding carboxylic acids is 3. The molecule has 1 fully saturated rings. The lowest BCUT2D eigenvalue weighted by atomic mass is 9.97. The maximum absolute atomic E-state index is 13.0. The molecule has 1 saturated heterocycles. The monoisotopic (exact) mass is 459 g/mol. The van der Waals surface area contributed by atoms with Gasteiger partial charge in [-0.1, -0.05) is 20.3 Å². The van der Waals surface area contributed by atoms with Gasteiger partial charge in [0.05, 0.1) is 6.04 Å². The number of thiol groups is 1. The fourth-order valence-corrected chi connectivity index (χ4v) is 3.59. The molecule has 1 rings (SSSR count). The van der Waals surface area contributed by atoms with Crippen molar-refractivity contribution < 1.29 is 24.3 Å². The van der Waals surface area contributed by atoms with Crippen molar-refractivity contribution in [3.63, 3.8) is 0 Å². The Hall–Kier alpha value is -1.85. The average Bonchev–Trinajstić information content (AvgIpc) is 3.29. The van der Waals surface area contributed by atoms with Crippen LogP contribution in [0.25, 0.3) is 0 Å². The van der Waals surface area contributed by atoms with Gasteiger partial charge in [0.1, 0.15) is 18.1 Å². The lowest BCUT2D eigenvalue weighted by Gasteiger charge is -2.28. The van der Waals surface area contributed by atoms with E-state index < -0.39 is 35.9 Å². The van der Waals surface area contributed by atoms with Gasteiger partial charge in [-0.25, -0.2) is 4.79 Å². The molecule has 31 heavy (non-hydrogen) atoms. The second-order valence-corrected chi connectivity index (χ2v) is 8.31. The predicted molar refractivity (Wildman–Crippen MR) is 121 cm³/mol. The largest absolute Gasteiger partial charge is 0.480 e. The van der Waals surface area contributed by atoms with E-state index in [1.54, 1.807) is 6.92 Å². The summed E-state index contributed by atoms with van der Waals surface area (Å²) in [5, 5.41) is 20.2. The molecule has 0 aromatic heterocycles. The van der Waals surface area contributed by atoms with Gasteiger partial charge in [-0.3, -0.25) is 14.4 Å². The lowest BCUT2D eigenvalue weighted by molar-refractivity contribution is -0.142. The normalized spacial score (nSPS) is 19.7. The fourth-order valence-electron chi connectivity index (χ4n) is 3.35. The zero-order chi connectivity index (χ0) is 23.4. The van der Waals surface area contributed by atoms with E-state index in [-0.39, 0.29) is 23.6 Å². The Labute approximate surface area is 189 Å². The van der Waals surface area contributed by atoms with Crippen LogP contribution in [0, 0.1) is 5.92 Å². The van der Waals surface area contributed by atoms with Gasteiger partial charge in [0.15, 0.2) is 0 Å². The number of hydrogen-bond acceptors (Lipinski definition) is 7. The third-order valence-corrected chi connectivity index (χ3v) is 5.91. The molecule has 5 atom stereocenters. The number of unbranched alkanes of at least 4 members (excludes halogenated alkanes) is 1. The Balaban J connectivity index is 2.89. The van der Waals surface area contributed by atoms with Crippen LogP contribution in [0.2, 0.25) is 0 Å². The summed E-state index contributed by atoms with van der Waals surface area (Å²) in [6.45, 7) is 4.90. The van der Waals surface area contributed by atoms with Crippen molar-refractivity contribution in [2.24, 2.45) is 11.7 Å². The zero-order valence-electron chi connectivity index (χ0n) is 18.4. The van der Waals surface area contributed by atoms with Crippen LogP contribution in [0.15, 0.2) is 0 Å². The molecule has 3 amide bonds. The first-order valence-electron chi connectivity index (χ1n) is 10.9. The molecule has 10 nitrogen and oxygen atoms in total. The van der Waals surface area contributed by atoms with E-state index in [1.807, 2.05) is 6.92 Å². The number of amides is 3. The van der Waals surface area contributed by atoms with Crippen molar-refractivity contribution in [3.05, 3.63) is 0 Å². The Morgan fingerprint density at radius 1 is 1.13 bits per heavy atom. The molecule has 0 aliphatic carbocycles. The molecule has 0 saturated carbocycles. The topological polar surface area (TPSA) is 163 Å². The first kappa shape index (κ1) is 27.2. The first-order chi connectivity index (χ1) is 14.7. The highest BCUT2D eigenvalue weighted by Crippen LogP contribution is 2.11. The minimum Gasteiger partial charge on any atom is -0.480 e. The standard InChI is InChI=1S/C20H37N5O5S/c1-3-12(2)16(19(28)24-15(11-31)20(29)30)25-18(27)14(7-4-5-9-21)23-17(26)13-8-6-10-22-13/h12-16,22,31H,3-11,21H2,1-2H3,(H,23,26)(H,24,28)(H,25,27)(H,29,30). The highest BCUT2D eigenvalue weighted by Gasteiger charge is 2.33. The predicted octanol–water partition coefficient (Wildman–Crippen LogP) is -0.618. The van der Waals surface area contributed by atoms with E-state index in [4.69, 9.17) is 5.73 Å². The van der Waals surface area contributed by atoms with Crippen LogP contribution in [0.4, 0.5) is 0 Å². The number of nitrogens with two attached hydrogens (primary N) is 1. The van der Waals surface area contributed by atoms with Crippen molar-refractivity contribution in [2.75, 3.05) is 18.8 Å². The molecule has 1 aliphatic rings. The number of rotatable bonds is 14. The first-order valence-corrected chi connectivity index (χ1v) is 11.6. The van der Waals surface area contributed by atoms with Gasteiger partial charge >= 0.3 is 5.97 Å². The SMILES string of the molecule is CCC(C)C(NC(=O)C(CCCCN)NC(=O)C1CCCN1)C(=O)NC(CS)C(=O)O. The van der Waals surface area contributed by atoms with Crippen molar-refractivity contribution in [2.45, 2.75) is 76.5 Å². The summed E-state index contributed by atoms with van der Waals surface area (Å²) < 4.78 is 0. The summed E-state index contributed by atoms with van der Waals surface area (Å²) in [6.07, 6.45) is 3.94. The molecule has 1 aliphatic heterocycles. The lowest BCUT2D eigenvalue weighted by Crippen LogP contribution is -2.58. The van der Waals surface area contributed by atoms with Crippen LogP contribution in [0.3, 0.4) is 0 Å². The van der Waals surface area contributed by atoms with Crippen LogP contribution >= 0.6 is 12.6 Å². The number of carbonyl (C=O) groups is 4. The van der Waals surface area contributed by atoms with Crippen LogP contribution in [-0.2, 0) is 19.2 Å². The minimum absolute atomic E-state index is 0.0750. The molecular weight excluding hydrogens is 422 g/mol. The molecule has 5 unspecified atom stereocenters. The summed E-state index contributed by atoms with van der Waals surface area (Å²) >= 11 is 3.96. The number of nitrogens with one attached hydrogen (secondary N) is 4. The minimum atomic E-state index is -1.20. The van der Waals surface area contributed by atoms with Crippen LogP contribution in [0.1, 0.15) is 52.4 Å². The molecule has 0 radical (unpaired) electrons. The van der Waals surface area contributed by atoms with Gasteiger partial charge in [0.2, 0.25) is 17.7 Å². The van der Waals surface area contributed by atoms with Gasteiger partial charge < -0.3 is 32.1 Å². The van der Waals surface area contributed by atoms with Crippen LogP contribution in [0.5, 0.6) is 0 Å². The van der Waals surface area contributed by atoms with Crippen molar-refractivity contribution >= 4 is 36.3 Å². The van der Waals surface area contributed by atoms with Crippen molar-refractivity contribution in [3.8, 4) is 0 Å². The van der Waals surface area contributed by atoms with Gasteiger partial charge in [-0.15, -0.1) is 0 Å². The fraction of sp³-hybridized carbons (Fsp3) is 0.800. The molecule has 0 spiro atoms. The maximum atomic E-state index is 13.0. The van der Waals surface area contributed by atoms with Crippen LogP contribution < -0.4 is 27.0 Å². The second kappa shape index (κ2) is 14.3. The van der Waals surface area contributed by atoms with E-state index in [9.17, 15) is 24.3 Å². The molecule has 7 N–H and O–H groups in total. The molecule has 1 heterocycles. The summed E-state index contributed by atoms with van der Waals surface area (Å²) in [7, 11) is 0. The molecule has 0 aromatic carbocycles. The van der Waals surface area contributed by atoms with Gasteiger partial charge in [-0.2, -0.15) is 12.6 Å². The quantitative estimate of drug-likeness (QED) is 0.134. The Kier molecular flexibility index (Phi) is 12.5. The van der Waals surface area contributed by atoms with E-state index >= 15 is 0 Å². The van der Waals surface area contributed by atoms with Gasteiger partial charge in [0, 0.05) is 5.75 Å². The van der Waals surface area contributed by atoms with E-state index in [2.05, 4.69) is 33.9 Å². The van der Waals surface area contributed by atoms with E-state index in [0.717, 1.165) is 13.0 Å². The molecule has 178 valence electrons. The summed E-state index contributed by atoms with van der Waals surface area (Å²) in [5.74, 6) is -2.82. The van der Waals surface area contributed by atoms with E-state index in [1.165, 1.54) is 0 Å². The molecule has 11 heteroatoms. The summed E-state index contributed by atoms with van der Waals surface area (Å²) in [6, 6.07) is -3.23. The molecule has 0 aromatic rings. The second-order valence-electron chi connectivity index (χ2n) is 7.95. The average molecular weight is 460 g/mol. The maximum Gasteiger partial charge on any atom is 0.327 e. The number of hydrogen-bond donors (Lipinski definition) is 7. The van der Waals surface area contributed by atoms with E-state index in [0.29, 0.717) is 38.6 Å². The summed E-state index contributed by atoms with van der Waals surface area (Å²) in [4.78, 5) is 49.5. The Bertz CT molecular complexity index is 615. The highest BCUT2D eigenvalue weighted by molar-refractivity contribution is 7.80. The number of aliphatic carboxylic acids is 1. The summed E-state index contributed by atoms with van der Waals surface area (Å²) in [5.41, 5.74) is 5.55. The van der Waals surface area contributed by atoms with Crippen molar-refractivity contribution in [1.82, 2.24) is 21.3 Å². The molecule has 0 bridgehead atoms. The number of carboxylic acid groups (broad SMARTS) is 1. The van der Waals surface area contributed by atoms with Crippen LogP contribution in [-0.4, -0.2) is 71.8 Å². The van der Waals surface area contributed by atoms with Crippen molar-refractivity contribution in [1.29, 1.82) is 0 Å².